The highest BCUT2D eigenvalue weighted by Gasteiger charge is 2.57. The first-order valence-corrected chi connectivity index (χ1v) is 13.7. The van der Waals surface area contributed by atoms with Crippen LogP contribution in [0.1, 0.15) is 27.8 Å². The average molecular weight is 559 g/mol. The molecule has 2 fully saturated rings. The summed E-state index contributed by atoms with van der Waals surface area (Å²) < 4.78 is 5.37. The maximum absolute atomic E-state index is 13.0. The summed E-state index contributed by atoms with van der Waals surface area (Å²) in [7, 11) is 0. The molecule has 10 heteroatoms. The first kappa shape index (κ1) is 25.7. The van der Waals surface area contributed by atoms with E-state index in [0.29, 0.717) is 17.6 Å². The van der Waals surface area contributed by atoms with Gasteiger partial charge in [-0.1, -0.05) is 42.5 Å². The second-order valence-corrected chi connectivity index (χ2v) is 10.9. The maximum atomic E-state index is 13.0. The number of hydrogen-bond donors (Lipinski definition) is 2. The second kappa shape index (κ2) is 10.8. The second-order valence-electron chi connectivity index (χ2n) is 9.10. The molecule has 2 N–H and O–H groups in total. The third-order valence-corrected chi connectivity index (χ3v) is 8.65. The van der Waals surface area contributed by atoms with Gasteiger partial charge in [-0.05, 0) is 51.6 Å². The van der Waals surface area contributed by atoms with Crippen LogP contribution in [0.5, 0.6) is 0 Å². The summed E-state index contributed by atoms with van der Waals surface area (Å²) in [5.74, 6) is -1.35. The van der Waals surface area contributed by atoms with Crippen molar-refractivity contribution in [3.63, 3.8) is 0 Å². The minimum atomic E-state index is -1.07. The number of thioether (sulfide) groups is 1. The van der Waals surface area contributed by atoms with Crippen LogP contribution in [0.25, 0.3) is 12.2 Å². The summed E-state index contributed by atoms with van der Waals surface area (Å²) in [5, 5.41) is 12.7. The molecule has 2 aromatic carbocycles. The highest BCUT2D eigenvalue weighted by atomic mass is 35.5. The van der Waals surface area contributed by atoms with Gasteiger partial charge < -0.3 is 20.1 Å². The van der Waals surface area contributed by atoms with Crippen molar-refractivity contribution in [3.8, 4) is 0 Å². The Balaban J connectivity index is 1.30. The Kier molecular flexibility index (Phi) is 7.51. The third-order valence-electron chi connectivity index (χ3n) is 6.72. The van der Waals surface area contributed by atoms with Crippen molar-refractivity contribution in [2.75, 3.05) is 5.75 Å². The molecule has 2 aromatic rings. The van der Waals surface area contributed by atoms with E-state index in [1.807, 2.05) is 54.6 Å². The largest absolute Gasteiger partial charge is 0.480 e. The molecule has 0 radical (unpaired) electrons. The number of carboxylic acids is 1. The average Bonchev–Trinajstić information content (AvgIpc) is 2.89. The van der Waals surface area contributed by atoms with E-state index in [1.165, 1.54) is 16.7 Å². The zero-order chi connectivity index (χ0) is 26.1. The summed E-state index contributed by atoms with van der Waals surface area (Å²) >= 11 is 13.7. The number of hydrogen-bond acceptors (Lipinski definition) is 5. The van der Waals surface area contributed by atoms with Gasteiger partial charge in [-0.15, -0.1) is 23.4 Å². The Labute approximate surface area is 228 Å². The van der Waals surface area contributed by atoms with E-state index in [0.717, 1.165) is 27.8 Å². The van der Waals surface area contributed by atoms with Gasteiger partial charge in [0.25, 0.3) is 0 Å². The number of amides is 2. The van der Waals surface area contributed by atoms with Gasteiger partial charge in [0.15, 0.2) is 5.22 Å². The summed E-state index contributed by atoms with van der Waals surface area (Å²) in [6.07, 6.45) is 5.59. The molecule has 3 aliphatic rings. The molecule has 7 nitrogen and oxygen atoms in total. The number of carbonyl (C=O) groups is 3. The molecular weight excluding hydrogens is 535 g/mol. The predicted octanol–water partition coefficient (Wildman–Crippen LogP) is 4.22. The lowest BCUT2D eigenvalue weighted by molar-refractivity contribution is -0.164. The number of halogens is 2. The molecule has 3 heterocycles. The van der Waals surface area contributed by atoms with Crippen LogP contribution in [-0.4, -0.2) is 51.0 Å². The smallest absolute Gasteiger partial charge is 0.327 e. The summed E-state index contributed by atoms with van der Waals surface area (Å²) in [6, 6.07) is 11.4. The predicted molar refractivity (Wildman–Crippen MR) is 144 cm³/mol. The number of ether oxygens (including phenoxy) is 1. The van der Waals surface area contributed by atoms with Crippen LogP contribution in [0.2, 0.25) is 0 Å². The zero-order valence-electron chi connectivity index (χ0n) is 19.6. The van der Waals surface area contributed by atoms with Crippen LogP contribution < -0.4 is 5.32 Å². The van der Waals surface area contributed by atoms with Gasteiger partial charge >= 0.3 is 5.97 Å². The van der Waals surface area contributed by atoms with Crippen molar-refractivity contribution >= 4 is 64.9 Å². The fourth-order valence-corrected chi connectivity index (χ4v) is 6.75. The number of alkyl halides is 1. The molecule has 0 spiro atoms. The monoisotopic (exact) mass is 558 g/mol. The first-order chi connectivity index (χ1) is 17.9. The van der Waals surface area contributed by atoms with Gasteiger partial charge in [-0.2, -0.15) is 0 Å². The van der Waals surface area contributed by atoms with E-state index in [-0.39, 0.29) is 24.1 Å². The number of nitrogens with zero attached hydrogens (tertiary/aromatic N) is 1. The lowest BCUT2D eigenvalue weighted by atomic mass is 9.91. The molecule has 3 aliphatic heterocycles. The summed E-state index contributed by atoms with van der Waals surface area (Å²) in [5.41, 5.74) is 4.49. The SMILES string of the molecule is O=C(Cc1ccccc1)NC1C(=O)N2C1SCC(/C=C/c1cc3c(cc1CCl)COC(Cl)=C3)C2C(=O)O. The maximum Gasteiger partial charge on any atom is 0.327 e. The molecule has 192 valence electrons. The third kappa shape index (κ3) is 5.23. The molecular formula is C27H24Cl2N2O5S. The molecule has 0 aliphatic carbocycles. The van der Waals surface area contributed by atoms with E-state index in [1.54, 1.807) is 6.08 Å². The highest BCUT2D eigenvalue weighted by molar-refractivity contribution is 8.00. The van der Waals surface area contributed by atoms with Crippen LogP contribution in [0.4, 0.5) is 0 Å². The Bertz CT molecular complexity index is 1300. The van der Waals surface area contributed by atoms with Crippen molar-refractivity contribution < 1.29 is 24.2 Å². The van der Waals surface area contributed by atoms with Crippen LogP contribution in [0.3, 0.4) is 0 Å². The Hall–Kier alpha value is -2.94. The first-order valence-electron chi connectivity index (χ1n) is 11.8. The Morgan fingerprint density at radius 3 is 2.76 bits per heavy atom. The van der Waals surface area contributed by atoms with Crippen LogP contribution in [0.15, 0.2) is 53.8 Å². The number of carboxylic acid groups (broad SMARTS) is 1. The normalized spacial score (nSPS) is 24.4. The van der Waals surface area contributed by atoms with E-state index in [4.69, 9.17) is 27.9 Å². The number of benzene rings is 2. The van der Waals surface area contributed by atoms with Gasteiger partial charge in [0.2, 0.25) is 11.8 Å². The van der Waals surface area contributed by atoms with Crippen molar-refractivity contribution in [2.24, 2.45) is 5.92 Å². The van der Waals surface area contributed by atoms with Crippen molar-refractivity contribution in [1.82, 2.24) is 10.2 Å². The van der Waals surface area contributed by atoms with Crippen LogP contribution in [0, 0.1) is 5.92 Å². The zero-order valence-corrected chi connectivity index (χ0v) is 21.9. The van der Waals surface area contributed by atoms with Crippen molar-refractivity contribution in [2.45, 2.75) is 36.4 Å². The number of aliphatic carboxylic acids is 1. The highest BCUT2D eigenvalue weighted by Crippen LogP contribution is 2.41. The standard InChI is InChI=1S/C27H24Cl2N2O5S/c28-12-19-10-20-13-36-21(29)11-18(20)9-16(19)6-7-17-14-37-26-23(25(33)31(26)24(17)27(34)35)30-22(32)8-15-4-2-1-3-5-15/h1-7,9-11,17,23-24,26H,8,12-14H2,(H,30,32)(H,34,35)/b7-6+. The summed E-state index contributed by atoms with van der Waals surface area (Å²) in [4.78, 5) is 39.1. The van der Waals surface area contributed by atoms with E-state index in [2.05, 4.69) is 5.32 Å². The van der Waals surface area contributed by atoms with E-state index >= 15 is 0 Å². The van der Waals surface area contributed by atoms with Gasteiger partial charge in [-0.25, -0.2) is 4.79 Å². The Morgan fingerprint density at radius 2 is 2.03 bits per heavy atom. The molecule has 37 heavy (non-hydrogen) atoms. The fraction of sp³-hybridized carbons (Fsp3) is 0.296. The van der Waals surface area contributed by atoms with Gasteiger partial charge in [-0.3, -0.25) is 9.59 Å². The number of β-lactam (4-membered cyclic amide) rings is 1. The lowest BCUT2D eigenvalue weighted by Crippen LogP contribution is -2.75. The van der Waals surface area contributed by atoms with Crippen molar-refractivity contribution in [1.29, 1.82) is 0 Å². The molecule has 0 bridgehead atoms. The van der Waals surface area contributed by atoms with Gasteiger partial charge in [0.05, 0.1) is 6.42 Å². The molecule has 4 atom stereocenters. The van der Waals surface area contributed by atoms with Crippen LogP contribution in [-0.2, 0) is 38.0 Å². The van der Waals surface area contributed by atoms with Gasteiger partial charge in [0, 0.05) is 23.6 Å². The quantitative estimate of drug-likeness (QED) is 0.390. The Morgan fingerprint density at radius 1 is 1.24 bits per heavy atom. The van der Waals surface area contributed by atoms with Crippen molar-refractivity contribution in [3.05, 3.63) is 81.6 Å². The molecule has 5 rings (SSSR count). The topological polar surface area (TPSA) is 95.9 Å². The summed E-state index contributed by atoms with van der Waals surface area (Å²) in [6.45, 7) is 0.362. The number of nitrogens with one attached hydrogen (secondary N) is 1. The number of rotatable bonds is 7. The minimum Gasteiger partial charge on any atom is -0.480 e. The molecule has 0 aromatic heterocycles. The van der Waals surface area contributed by atoms with E-state index in [9.17, 15) is 19.5 Å². The lowest BCUT2D eigenvalue weighted by Gasteiger charge is -2.53. The molecule has 2 amide bonds. The van der Waals surface area contributed by atoms with Crippen LogP contribution >= 0.6 is 35.0 Å². The molecule has 4 unspecified atom stereocenters. The molecule has 2 saturated heterocycles. The fourth-order valence-electron chi connectivity index (χ4n) is 4.87. The minimum absolute atomic E-state index is 0.159. The van der Waals surface area contributed by atoms with Gasteiger partial charge in [0.1, 0.15) is 24.1 Å². The number of carbonyl (C=O) groups excluding carboxylic acids is 2. The molecule has 0 saturated carbocycles. The van der Waals surface area contributed by atoms with E-state index < -0.39 is 29.3 Å². The number of fused-ring (bicyclic) bond motifs is 2.